The summed E-state index contributed by atoms with van der Waals surface area (Å²) in [5.74, 6) is 1.59. The third kappa shape index (κ3) is 3.53. The number of halogens is 2. The summed E-state index contributed by atoms with van der Waals surface area (Å²) in [6, 6.07) is 19.6. The maximum absolute atomic E-state index is 6.21. The molecule has 0 fully saturated rings. The van der Waals surface area contributed by atoms with Crippen LogP contribution in [0, 0.1) is 0 Å². The molecular formula is C18H15Cl2NO. The van der Waals surface area contributed by atoms with Crippen molar-refractivity contribution in [2.24, 2.45) is 0 Å². The summed E-state index contributed by atoms with van der Waals surface area (Å²) in [6.07, 6.45) is 0. The third-order valence-electron chi connectivity index (χ3n) is 3.35. The first-order valence-corrected chi connectivity index (χ1v) is 7.77. The van der Waals surface area contributed by atoms with Gasteiger partial charge in [-0.2, -0.15) is 0 Å². The zero-order valence-electron chi connectivity index (χ0n) is 11.9. The van der Waals surface area contributed by atoms with Gasteiger partial charge in [0.15, 0.2) is 0 Å². The molecule has 0 amide bonds. The van der Waals surface area contributed by atoms with E-state index in [1.165, 1.54) is 5.56 Å². The Bertz CT molecular complexity index is 753. The van der Waals surface area contributed by atoms with E-state index >= 15 is 0 Å². The van der Waals surface area contributed by atoms with Crippen LogP contribution in [0.25, 0.3) is 11.3 Å². The minimum Gasteiger partial charge on any atom is -0.460 e. The van der Waals surface area contributed by atoms with Crippen molar-refractivity contribution in [1.29, 1.82) is 0 Å². The Balaban J connectivity index is 1.65. The molecule has 2 nitrogen and oxygen atoms in total. The van der Waals surface area contributed by atoms with Gasteiger partial charge in [-0.1, -0.05) is 59.6 Å². The number of furan rings is 1. The number of hydrogen-bond donors (Lipinski definition) is 1. The van der Waals surface area contributed by atoms with E-state index in [0.717, 1.165) is 23.6 Å². The summed E-state index contributed by atoms with van der Waals surface area (Å²) in [5.41, 5.74) is 2.05. The normalized spacial score (nSPS) is 10.8. The highest BCUT2D eigenvalue weighted by molar-refractivity contribution is 6.43. The van der Waals surface area contributed by atoms with Crippen LogP contribution in [0.1, 0.15) is 11.3 Å². The molecule has 0 aliphatic carbocycles. The van der Waals surface area contributed by atoms with Crippen molar-refractivity contribution in [3.8, 4) is 11.3 Å². The fraction of sp³-hybridized carbons (Fsp3) is 0.111. The fourth-order valence-electron chi connectivity index (χ4n) is 2.24. The Morgan fingerprint density at radius 3 is 2.45 bits per heavy atom. The van der Waals surface area contributed by atoms with Crippen LogP contribution in [0.15, 0.2) is 65.1 Å². The molecule has 2 aromatic carbocycles. The second-order valence-electron chi connectivity index (χ2n) is 4.96. The van der Waals surface area contributed by atoms with Gasteiger partial charge in [-0.05, 0) is 29.8 Å². The summed E-state index contributed by atoms with van der Waals surface area (Å²) in [5, 5.41) is 4.40. The molecule has 0 aliphatic rings. The number of hydrogen-bond acceptors (Lipinski definition) is 2. The van der Waals surface area contributed by atoms with Crippen LogP contribution < -0.4 is 5.32 Å². The average Bonchev–Trinajstić information content (AvgIpc) is 3.00. The van der Waals surface area contributed by atoms with Crippen molar-refractivity contribution >= 4 is 23.2 Å². The molecule has 3 rings (SSSR count). The van der Waals surface area contributed by atoms with Gasteiger partial charge in [-0.3, -0.25) is 0 Å². The summed E-state index contributed by atoms with van der Waals surface area (Å²) in [6.45, 7) is 1.46. The summed E-state index contributed by atoms with van der Waals surface area (Å²) >= 11 is 12.2. The van der Waals surface area contributed by atoms with E-state index in [9.17, 15) is 0 Å². The van der Waals surface area contributed by atoms with Crippen molar-refractivity contribution in [1.82, 2.24) is 5.32 Å². The highest BCUT2D eigenvalue weighted by Gasteiger charge is 2.10. The largest absolute Gasteiger partial charge is 0.460 e. The van der Waals surface area contributed by atoms with Gasteiger partial charge in [0.05, 0.1) is 16.6 Å². The van der Waals surface area contributed by atoms with E-state index in [0.29, 0.717) is 16.6 Å². The number of benzene rings is 2. The molecule has 4 heteroatoms. The Morgan fingerprint density at radius 1 is 0.818 bits per heavy atom. The molecule has 112 valence electrons. The Kier molecular flexibility index (Phi) is 4.84. The molecule has 3 aromatic rings. The van der Waals surface area contributed by atoms with Gasteiger partial charge in [0.25, 0.3) is 0 Å². The topological polar surface area (TPSA) is 25.2 Å². The van der Waals surface area contributed by atoms with Gasteiger partial charge < -0.3 is 9.73 Å². The van der Waals surface area contributed by atoms with Gasteiger partial charge in [0, 0.05) is 12.1 Å². The summed E-state index contributed by atoms with van der Waals surface area (Å²) in [7, 11) is 0. The van der Waals surface area contributed by atoms with Crippen LogP contribution in [-0.4, -0.2) is 0 Å². The van der Waals surface area contributed by atoms with Crippen LogP contribution in [0.3, 0.4) is 0 Å². The van der Waals surface area contributed by atoms with Crippen molar-refractivity contribution in [2.45, 2.75) is 13.1 Å². The molecule has 0 unspecified atom stereocenters. The van der Waals surface area contributed by atoms with E-state index in [2.05, 4.69) is 17.4 Å². The van der Waals surface area contributed by atoms with Crippen LogP contribution >= 0.6 is 23.2 Å². The standard InChI is InChI=1S/C18H15Cl2NO/c19-16-8-4-7-15(18(16)20)17-10-9-14(22-17)12-21-11-13-5-2-1-3-6-13/h1-10,21H,11-12H2. The van der Waals surface area contributed by atoms with Gasteiger partial charge in [-0.25, -0.2) is 0 Å². The molecule has 0 aliphatic heterocycles. The highest BCUT2D eigenvalue weighted by atomic mass is 35.5. The number of rotatable bonds is 5. The average molecular weight is 332 g/mol. The minimum atomic E-state index is 0.516. The molecule has 1 heterocycles. The van der Waals surface area contributed by atoms with Crippen molar-refractivity contribution in [2.75, 3.05) is 0 Å². The quantitative estimate of drug-likeness (QED) is 0.663. The molecule has 0 spiro atoms. The monoisotopic (exact) mass is 331 g/mol. The van der Waals surface area contributed by atoms with Crippen LogP contribution in [0.2, 0.25) is 10.0 Å². The predicted molar refractivity (Wildman–Crippen MR) is 91.1 cm³/mol. The van der Waals surface area contributed by atoms with Gasteiger partial charge in [-0.15, -0.1) is 0 Å². The maximum atomic E-state index is 6.21. The second kappa shape index (κ2) is 7.01. The van der Waals surface area contributed by atoms with Crippen LogP contribution in [0.5, 0.6) is 0 Å². The molecule has 0 saturated heterocycles. The lowest BCUT2D eigenvalue weighted by Crippen LogP contribution is -2.11. The Labute approximate surface area is 139 Å². The van der Waals surface area contributed by atoms with Gasteiger partial charge >= 0.3 is 0 Å². The molecule has 1 N–H and O–H groups in total. The molecular weight excluding hydrogens is 317 g/mol. The lowest BCUT2D eigenvalue weighted by molar-refractivity contribution is 0.493. The predicted octanol–water partition coefficient (Wildman–Crippen LogP) is 5.54. The van der Waals surface area contributed by atoms with E-state index in [1.807, 2.05) is 42.5 Å². The Morgan fingerprint density at radius 2 is 1.64 bits per heavy atom. The zero-order chi connectivity index (χ0) is 15.4. The molecule has 0 bridgehead atoms. The van der Waals surface area contributed by atoms with Crippen molar-refractivity contribution in [3.63, 3.8) is 0 Å². The Hall–Kier alpha value is -1.74. The van der Waals surface area contributed by atoms with Crippen LogP contribution in [0.4, 0.5) is 0 Å². The van der Waals surface area contributed by atoms with E-state index < -0.39 is 0 Å². The van der Waals surface area contributed by atoms with Crippen molar-refractivity contribution < 1.29 is 4.42 Å². The third-order valence-corrected chi connectivity index (χ3v) is 4.17. The maximum Gasteiger partial charge on any atom is 0.135 e. The lowest BCUT2D eigenvalue weighted by Gasteiger charge is -2.04. The molecule has 0 saturated carbocycles. The fourth-order valence-corrected chi connectivity index (χ4v) is 2.63. The van der Waals surface area contributed by atoms with Gasteiger partial charge in [0.1, 0.15) is 11.5 Å². The molecule has 0 radical (unpaired) electrons. The van der Waals surface area contributed by atoms with Gasteiger partial charge in [0.2, 0.25) is 0 Å². The first kappa shape index (κ1) is 15.2. The first-order chi connectivity index (χ1) is 10.7. The summed E-state index contributed by atoms with van der Waals surface area (Å²) in [4.78, 5) is 0. The molecule has 22 heavy (non-hydrogen) atoms. The van der Waals surface area contributed by atoms with Crippen molar-refractivity contribution in [3.05, 3.63) is 82.0 Å². The van der Waals surface area contributed by atoms with E-state index in [1.54, 1.807) is 6.07 Å². The molecule has 0 atom stereocenters. The lowest BCUT2D eigenvalue weighted by atomic mass is 10.2. The second-order valence-corrected chi connectivity index (χ2v) is 5.74. The SMILES string of the molecule is Clc1cccc(-c2ccc(CNCc3ccccc3)o2)c1Cl. The first-order valence-electron chi connectivity index (χ1n) is 7.02. The zero-order valence-corrected chi connectivity index (χ0v) is 13.4. The molecule has 1 aromatic heterocycles. The number of nitrogens with one attached hydrogen (secondary N) is 1. The minimum absolute atomic E-state index is 0.516. The summed E-state index contributed by atoms with van der Waals surface area (Å²) < 4.78 is 5.84. The smallest absolute Gasteiger partial charge is 0.135 e. The van der Waals surface area contributed by atoms with E-state index in [-0.39, 0.29) is 0 Å². The highest BCUT2D eigenvalue weighted by Crippen LogP contribution is 2.34. The van der Waals surface area contributed by atoms with E-state index in [4.69, 9.17) is 27.6 Å². The van der Waals surface area contributed by atoms with Crippen LogP contribution in [-0.2, 0) is 13.1 Å².